The Morgan fingerprint density at radius 2 is 1.07 bits per heavy atom. The Morgan fingerprint density at radius 1 is 0.619 bits per heavy atom. The molecule has 9 atom stereocenters. The Morgan fingerprint density at radius 3 is 1.48 bits per heavy atom. The van der Waals surface area contributed by atoms with Gasteiger partial charge < -0.3 is 68.9 Å². The second-order valence-electron chi connectivity index (χ2n) is 10.1. The third-order valence-corrected chi connectivity index (χ3v) is 7.79. The van der Waals surface area contributed by atoms with E-state index in [1.807, 2.05) is 0 Å². The SMILES string of the molecule is COc1cc([C@H]2O[C@H](c3cc(OC)c(O)c(OC)c3)[C@@H](CO[C@@H]3O[C@H](CO)[C@@H](O)[C@H](O)[C@H]3O)[C@@H]2CO)cc(OC)c1O. The summed E-state index contributed by atoms with van der Waals surface area (Å²) in [5, 5.41) is 71.9. The monoisotopic (exact) mass is 598 g/mol. The molecule has 2 aromatic carbocycles. The molecule has 0 bridgehead atoms. The van der Waals surface area contributed by atoms with Crippen molar-refractivity contribution in [3.05, 3.63) is 35.4 Å². The fourth-order valence-electron chi connectivity index (χ4n) is 5.47. The lowest BCUT2D eigenvalue weighted by molar-refractivity contribution is -0.304. The minimum atomic E-state index is -1.64. The molecular formula is C28H38O14. The number of phenols is 2. The Bertz CT molecular complexity index is 1160. The van der Waals surface area contributed by atoms with Crippen molar-refractivity contribution in [2.45, 2.75) is 42.9 Å². The highest BCUT2D eigenvalue weighted by Crippen LogP contribution is 2.53. The molecule has 0 aromatic heterocycles. The van der Waals surface area contributed by atoms with Crippen LogP contribution in [0.5, 0.6) is 34.5 Å². The number of methoxy groups -OCH3 is 4. The van der Waals surface area contributed by atoms with Gasteiger partial charge in [-0.05, 0) is 35.4 Å². The minimum Gasteiger partial charge on any atom is -0.502 e. The van der Waals surface area contributed by atoms with Gasteiger partial charge in [0.05, 0.1) is 53.9 Å². The van der Waals surface area contributed by atoms with Gasteiger partial charge in [-0.3, -0.25) is 0 Å². The first kappa shape index (κ1) is 31.8. The van der Waals surface area contributed by atoms with Crippen molar-refractivity contribution in [3.8, 4) is 34.5 Å². The zero-order valence-corrected chi connectivity index (χ0v) is 23.6. The van der Waals surface area contributed by atoms with E-state index in [9.17, 15) is 35.7 Å². The van der Waals surface area contributed by atoms with Crippen LogP contribution in [0.15, 0.2) is 24.3 Å². The van der Waals surface area contributed by atoms with Crippen molar-refractivity contribution in [1.29, 1.82) is 0 Å². The summed E-state index contributed by atoms with van der Waals surface area (Å²) in [5.41, 5.74) is 1.01. The molecule has 2 aromatic rings. The summed E-state index contributed by atoms with van der Waals surface area (Å²) in [6.07, 6.45) is -9.03. The molecule has 234 valence electrons. The summed E-state index contributed by atoms with van der Waals surface area (Å²) >= 11 is 0. The van der Waals surface area contributed by atoms with Crippen molar-refractivity contribution < 1.29 is 68.9 Å². The number of aliphatic hydroxyl groups is 5. The summed E-state index contributed by atoms with van der Waals surface area (Å²) in [4.78, 5) is 0. The summed E-state index contributed by atoms with van der Waals surface area (Å²) in [5.74, 6) is -1.27. The van der Waals surface area contributed by atoms with Gasteiger partial charge in [0.25, 0.3) is 0 Å². The number of rotatable bonds is 11. The van der Waals surface area contributed by atoms with Gasteiger partial charge in [0.15, 0.2) is 29.3 Å². The third-order valence-electron chi connectivity index (χ3n) is 7.79. The number of aromatic hydroxyl groups is 2. The first-order valence-corrected chi connectivity index (χ1v) is 13.2. The molecule has 2 saturated heterocycles. The van der Waals surface area contributed by atoms with Crippen LogP contribution in [0.1, 0.15) is 23.3 Å². The molecule has 0 aliphatic carbocycles. The highest BCUT2D eigenvalue weighted by molar-refractivity contribution is 5.55. The maximum Gasteiger partial charge on any atom is 0.200 e. The van der Waals surface area contributed by atoms with Crippen LogP contribution in [0, 0.1) is 11.8 Å². The third kappa shape index (κ3) is 5.89. The average Bonchev–Trinajstić information content (AvgIpc) is 3.38. The van der Waals surface area contributed by atoms with Crippen LogP contribution in [0.4, 0.5) is 0 Å². The van der Waals surface area contributed by atoms with Gasteiger partial charge >= 0.3 is 0 Å². The average molecular weight is 599 g/mol. The molecule has 4 rings (SSSR count). The highest BCUT2D eigenvalue weighted by atomic mass is 16.7. The summed E-state index contributed by atoms with van der Waals surface area (Å²) < 4.78 is 39.2. The van der Waals surface area contributed by atoms with Crippen LogP contribution in [0.25, 0.3) is 0 Å². The molecule has 0 unspecified atom stereocenters. The van der Waals surface area contributed by atoms with E-state index < -0.39 is 61.4 Å². The van der Waals surface area contributed by atoms with E-state index >= 15 is 0 Å². The van der Waals surface area contributed by atoms with Crippen LogP contribution in [-0.4, -0.2) is 115 Å². The van der Waals surface area contributed by atoms with E-state index in [4.69, 9.17) is 33.2 Å². The first-order valence-electron chi connectivity index (χ1n) is 13.2. The number of hydrogen-bond acceptors (Lipinski definition) is 14. The van der Waals surface area contributed by atoms with Crippen molar-refractivity contribution in [2.24, 2.45) is 11.8 Å². The Kier molecular flexibility index (Phi) is 10.2. The molecule has 7 N–H and O–H groups in total. The van der Waals surface area contributed by atoms with E-state index in [1.54, 1.807) is 24.3 Å². The normalized spacial score (nSPS) is 31.1. The van der Waals surface area contributed by atoms with Crippen molar-refractivity contribution in [3.63, 3.8) is 0 Å². The van der Waals surface area contributed by atoms with Gasteiger partial charge in [0.1, 0.15) is 24.4 Å². The number of ether oxygens (including phenoxy) is 7. The smallest absolute Gasteiger partial charge is 0.200 e. The van der Waals surface area contributed by atoms with Crippen LogP contribution < -0.4 is 18.9 Å². The maximum atomic E-state index is 10.6. The number of benzene rings is 2. The predicted octanol–water partition coefficient (Wildman–Crippen LogP) is -0.0140. The second-order valence-corrected chi connectivity index (χ2v) is 10.1. The van der Waals surface area contributed by atoms with Gasteiger partial charge in [-0.2, -0.15) is 0 Å². The molecule has 0 saturated carbocycles. The zero-order chi connectivity index (χ0) is 30.7. The fourth-order valence-corrected chi connectivity index (χ4v) is 5.47. The van der Waals surface area contributed by atoms with Gasteiger partial charge in [0.2, 0.25) is 11.5 Å². The molecule has 0 spiro atoms. The lowest BCUT2D eigenvalue weighted by atomic mass is 9.83. The Hall–Kier alpha value is -3.08. The molecule has 14 nitrogen and oxygen atoms in total. The van der Waals surface area contributed by atoms with Crippen LogP contribution in [-0.2, 0) is 14.2 Å². The van der Waals surface area contributed by atoms with Crippen molar-refractivity contribution in [1.82, 2.24) is 0 Å². The van der Waals surface area contributed by atoms with E-state index in [0.717, 1.165) is 0 Å². The Labute approximate surface area is 242 Å². The largest absolute Gasteiger partial charge is 0.502 e. The second kappa shape index (κ2) is 13.5. The van der Waals surface area contributed by atoms with Crippen molar-refractivity contribution in [2.75, 3.05) is 48.3 Å². The highest BCUT2D eigenvalue weighted by Gasteiger charge is 2.49. The van der Waals surface area contributed by atoms with E-state index in [2.05, 4.69) is 0 Å². The molecule has 0 amide bonds. The number of hydrogen-bond donors (Lipinski definition) is 7. The fraction of sp³-hybridized carbons (Fsp3) is 0.571. The van der Waals surface area contributed by atoms with Gasteiger partial charge in [-0.1, -0.05) is 0 Å². The lowest BCUT2D eigenvalue weighted by Crippen LogP contribution is -2.59. The standard InChI is InChI=1S/C28H38O14/c1-36-16-5-12(6-17(37-2)21(16)31)26-14(9-29)15(11-40-28-25(35)24(34)23(33)20(10-30)41-28)27(42-26)13-7-18(38-3)22(32)19(8-13)39-4/h5-8,14-15,20,23-35H,9-11H2,1-4H3/t14-,15-,20+,23+,24-,25+,26+,27+,28+/m0/s1. The molecule has 2 aliphatic rings. The van der Waals surface area contributed by atoms with Crippen LogP contribution >= 0.6 is 0 Å². The zero-order valence-electron chi connectivity index (χ0n) is 23.6. The van der Waals surface area contributed by atoms with Gasteiger partial charge in [-0.15, -0.1) is 0 Å². The van der Waals surface area contributed by atoms with Gasteiger partial charge in [-0.25, -0.2) is 0 Å². The molecule has 2 heterocycles. The molecule has 42 heavy (non-hydrogen) atoms. The maximum absolute atomic E-state index is 10.6. The number of phenolic OH excluding ortho intramolecular Hbond substituents is 2. The van der Waals surface area contributed by atoms with Crippen LogP contribution in [0.3, 0.4) is 0 Å². The van der Waals surface area contributed by atoms with E-state index in [1.165, 1.54) is 28.4 Å². The summed E-state index contributed by atoms with van der Waals surface area (Å²) in [6, 6.07) is 6.22. The summed E-state index contributed by atoms with van der Waals surface area (Å²) in [7, 11) is 5.52. The van der Waals surface area contributed by atoms with Crippen LogP contribution in [0.2, 0.25) is 0 Å². The minimum absolute atomic E-state index is 0.110. The predicted molar refractivity (Wildman–Crippen MR) is 143 cm³/mol. The topological polar surface area (TPSA) is 206 Å². The van der Waals surface area contributed by atoms with Crippen molar-refractivity contribution >= 4 is 0 Å². The summed E-state index contributed by atoms with van der Waals surface area (Å²) in [6.45, 7) is -1.20. The number of aliphatic hydroxyl groups excluding tert-OH is 5. The molecule has 0 radical (unpaired) electrons. The first-order chi connectivity index (χ1) is 20.1. The lowest BCUT2D eigenvalue weighted by Gasteiger charge is -2.40. The molecule has 2 aliphatic heterocycles. The van der Waals surface area contributed by atoms with Gasteiger partial charge in [0, 0.05) is 18.4 Å². The van der Waals surface area contributed by atoms with E-state index in [0.29, 0.717) is 11.1 Å². The molecular weight excluding hydrogens is 560 g/mol. The quantitative estimate of drug-likeness (QED) is 0.182. The molecule has 2 fully saturated rings. The van der Waals surface area contributed by atoms with E-state index in [-0.39, 0.29) is 47.7 Å². The molecule has 14 heteroatoms. The Balaban J connectivity index is 1.74.